The van der Waals surface area contributed by atoms with Gasteiger partial charge in [-0.3, -0.25) is 9.79 Å². The highest BCUT2D eigenvalue weighted by molar-refractivity contribution is 7.90. The van der Waals surface area contributed by atoms with Gasteiger partial charge in [-0.15, -0.1) is 0 Å². The third-order valence-electron chi connectivity index (χ3n) is 4.38. The van der Waals surface area contributed by atoms with Gasteiger partial charge in [0.1, 0.15) is 9.84 Å². The first-order chi connectivity index (χ1) is 11.7. The molecule has 1 aliphatic rings. The van der Waals surface area contributed by atoms with Crippen LogP contribution in [0.25, 0.3) is 0 Å². The van der Waals surface area contributed by atoms with E-state index >= 15 is 0 Å². The summed E-state index contributed by atoms with van der Waals surface area (Å²) in [5.74, 6) is 0.802. The van der Waals surface area contributed by atoms with E-state index in [9.17, 15) is 13.2 Å². The Labute approximate surface area is 151 Å². The highest BCUT2D eigenvalue weighted by Gasteiger charge is 2.42. The molecule has 0 unspecified atom stereocenters. The molecule has 1 fully saturated rings. The van der Waals surface area contributed by atoms with Crippen LogP contribution in [0, 0.1) is 5.41 Å². The Morgan fingerprint density at radius 2 is 1.84 bits per heavy atom. The molecule has 0 aliphatic heterocycles. The molecule has 146 valence electrons. The van der Waals surface area contributed by atoms with Crippen LogP contribution in [0.2, 0.25) is 0 Å². The third kappa shape index (κ3) is 7.60. The van der Waals surface area contributed by atoms with Gasteiger partial charge in [-0.25, -0.2) is 8.42 Å². The highest BCUT2D eigenvalue weighted by Crippen LogP contribution is 2.38. The molecule has 25 heavy (non-hydrogen) atoms. The maximum Gasteiger partial charge on any atom is 0.230 e. The van der Waals surface area contributed by atoms with Crippen molar-refractivity contribution >= 4 is 21.7 Å². The maximum atomic E-state index is 12.5. The fourth-order valence-electron chi connectivity index (χ4n) is 3.02. The molecule has 0 heterocycles. The van der Waals surface area contributed by atoms with Crippen molar-refractivity contribution in [3.8, 4) is 0 Å². The topological polar surface area (TPSA) is 100 Å². The van der Waals surface area contributed by atoms with Gasteiger partial charge in [0.15, 0.2) is 5.96 Å². The molecule has 8 nitrogen and oxygen atoms in total. The summed E-state index contributed by atoms with van der Waals surface area (Å²) >= 11 is 0. The standard InChI is InChI=1S/C16H32N4O4S/c1-17-15(18-9-10-24-11-12-25(4,22)23)19-13-16(7-5-6-8-16)14(21)20(2)3/h5-13H2,1-4H3,(H2,17,18,19). The predicted octanol–water partition coefficient (Wildman–Crippen LogP) is -0.139. The van der Waals surface area contributed by atoms with E-state index in [1.54, 1.807) is 26.0 Å². The fraction of sp³-hybridized carbons (Fsp3) is 0.875. The van der Waals surface area contributed by atoms with Crippen molar-refractivity contribution in [2.75, 3.05) is 59.5 Å². The number of aliphatic imine (C=N–C) groups is 1. The number of nitrogens with zero attached hydrogens (tertiary/aromatic N) is 2. The summed E-state index contributed by atoms with van der Waals surface area (Å²) in [6, 6.07) is 0. The molecule has 1 aliphatic carbocycles. The predicted molar refractivity (Wildman–Crippen MR) is 99.5 cm³/mol. The molecule has 0 aromatic rings. The van der Waals surface area contributed by atoms with Crippen LogP contribution in [-0.4, -0.2) is 84.6 Å². The zero-order valence-electron chi connectivity index (χ0n) is 15.8. The van der Waals surface area contributed by atoms with Crippen molar-refractivity contribution < 1.29 is 17.9 Å². The van der Waals surface area contributed by atoms with Crippen LogP contribution in [0.3, 0.4) is 0 Å². The maximum absolute atomic E-state index is 12.5. The second-order valence-electron chi connectivity index (χ2n) is 6.78. The fourth-order valence-corrected chi connectivity index (χ4v) is 3.44. The first kappa shape index (κ1) is 21.7. The van der Waals surface area contributed by atoms with Crippen LogP contribution in [0.15, 0.2) is 4.99 Å². The van der Waals surface area contributed by atoms with Gasteiger partial charge in [-0.2, -0.15) is 0 Å². The van der Waals surface area contributed by atoms with Crippen LogP contribution < -0.4 is 10.6 Å². The van der Waals surface area contributed by atoms with Crippen LogP contribution in [-0.2, 0) is 19.4 Å². The van der Waals surface area contributed by atoms with E-state index < -0.39 is 9.84 Å². The van der Waals surface area contributed by atoms with Gasteiger partial charge in [0.2, 0.25) is 5.91 Å². The minimum atomic E-state index is -2.99. The van der Waals surface area contributed by atoms with Crippen LogP contribution in [0.5, 0.6) is 0 Å². The first-order valence-corrected chi connectivity index (χ1v) is 10.7. The van der Waals surface area contributed by atoms with E-state index in [0.29, 0.717) is 25.7 Å². The van der Waals surface area contributed by atoms with Gasteiger partial charge in [0.05, 0.1) is 24.4 Å². The SMILES string of the molecule is CN=C(NCCOCCS(C)(=O)=O)NCC1(C(=O)N(C)C)CCCC1. The number of hydrogen-bond donors (Lipinski definition) is 2. The first-order valence-electron chi connectivity index (χ1n) is 8.62. The lowest BCUT2D eigenvalue weighted by atomic mass is 9.84. The van der Waals surface area contributed by atoms with Crippen LogP contribution in [0.4, 0.5) is 0 Å². The average Bonchev–Trinajstić information content (AvgIpc) is 3.01. The number of hydrogen-bond acceptors (Lipinski definition) is 5. The molecule has 0 aromatic heterocycles. The van der Waals surface area contributed by atoms with E-state index in [-0.39, 0.29) is 23.7 Å². The lowest BCUT2D eigenvalue weighted by molar-refractivity contribution is -0.138. The molecule has 1 saturated carbocycles. The van der Waals surface area contributed by atoms with Crippen LogP contribution >= 0.6 is 0 Å². The van der Waals surface area contributed by atoms with Gasteiger partial charge in [-0.05, 0) is 12.8 Å². The zero-order valence-corrected chi connectivity index (χ0v) is 16.6. The van der Waals surface area contributed by atoms with Crippen molar-refractivity contribution in [1.82, 2.24) is 15.5 Å². The minimum Gasteiger partial charge on any atom is -0.379 e. The summed E-state index contributed by atoms with van der Waals surface area (Å²) in [4.78, 5) is 18.4. The Kier molecular flexibility index (Phi) is 8.64. The normalized spacial score (nSPS) is 17.4. The Bertz CT molecular complexity index is 554. The van der Waals surface area contributed by atoms with Gasteiger partial charge < -0.3 is 20.3 Å². The number of guanidine groups is 1. The molecule has 1 amide bonds. The lowest BCUT2D eigenvalue weighted by Gasteiger charge is -2.31. The molecule has 2 N–H and O–H groups in total. The molecule has 0 saturated heterocycles. The summed E-state index contributed by atoms with van der Waals surface area (Å²) < 4.78 is 27.3. The van der Waals surface area contributed by atoms with Crippen molar-refractivity contribution in [1.29, 1.82) is 0 Å². The van der Waals surface area contributed by atoms with Gasteiger partial charge >= 0.3 is 0 Å². The summed E-state index contributed by atoms with van der Waals surface area (Å²) in [5, 5.41) is 6.36. The van der Waals surface area contributed by atoms with Crippen LogP contribution in [0.1, 0.15) is 25.7 Å². The number of ether oxygens (including phenoxy) is 1. The molecule has 0 atom stereocenters. The summed E-state index contributed by atoms with van der Waals surface area (Å²) in [6.07, 6.45) is 5.11. The van der Waals surface area contributed by atoms with Gasteiger partial charge in [0.25, 0.3) is 0 Å². The molecule has 0 bridgehead atoms. The lowest BCUT2D eigenvalue weighted by Crippen LogP contribution is -2.49. The molecule has 9 heteroatoms. The monoisotopic (exact) mass is 376 g/mol. The summed E-state index contributed by atoms with van der Waals surface area (Å²) in [5.41, 5.74) is -0.354. The average molecular weight is 377 g/mol. The number of amides is 1. The third-order valence-corrected chi connectivity index (χ3v) is 5.28. The number of sulfone groups is 1. The molecular formula is C16H32N4O4S. The Balaban J connectivity index is 2.37. The molecule has 0 aromatic carbocycles. The number of carbonyl (C=O) groups is 1. The van der Waals surface area contributed by atoms with E-state index in [1.165, 1.54) is 6.26 Å². The van der Waals surface area contributed by atoms with Crippen molar-refractivity contribution in [3.05, 3.63) is 0 Å². The molecule has 0 radical (unpaired) electrons. The Morgan fingerprint density at radius 1 is 1.20 bits per heavy atom. The van der Waals surface area contributed by atoms with Crippen molar-refractivity contribution in [2.45, 2.75) is 25.7 Å². The number of carbonyl (C=O) groups excluding carboxylic acids is 1. The summed E-state index contributed by atoms with van der Waals surface area (Å²) in [7, 11) is 2.28. The van der Waals surface area contributed by atoms with Gasteiger partial charge in [-0.1, -0.05) is 12.8 Å². The second kappa shape index (κ2) is 9.96. The van der Waals surface area contributed by atoms with Crippen molar-refractivity contribution in [3.63, 3.8) is 0 Å². The molecular weight excluding hydrogens is 344 g/mol. The quantitative estimate of drug-likeness (QED) is 0.330. The minimum absolute atomic E-state index is 0.0230. The van der Waals surface area contributed by atoms with Gasteiger partial charge in [0, 0.05) is 40.5 Å². The van der Waals surface area contributed by atoms with Crippen molar-refractivity contribution in [2.24, 2.45) is 10.4 Å². The van der Waals surface area contributed by atoms with E-state index in [1.807, 2.05) is 0 Å². The largest absolute Gasteiger partial charge is 0.379 e. The smallest absolute Gasteiger partial charge is 0.230 e. The van der Waals surface area contributed by atoms with E-state index in [0.717, 1.165) is 25.7 Å². The highest BCUT2D eigenvalue weighted by atomic mass is 32.2. The zero-order chi connectivity index (χ0) is 18.9. The Hall–Kier alpha value is -1.35. The Morgan fingerprint density at radius 3 is 2.36 bits per heavy atom. The molecule has 1 rings (SSSR count). The summed E-state index contributed by atoms with van der Waals surface area (Å²) in [6.45, 7) is 1.64. The molecule has 0 spiro atoms. The second-order valence-corrected chi connectivity index (χ2v) is 9.04. The van der Waals surface area contributed by atoms with E-state index in [2.05, 4.69) is 15.6 Å². The number of rotatable bonds is 9. The number of nitrogens with one attached hydrogen (secondary N) is 2. The van der Waals surface area contributed by atoms with E-state index in [4.69, 9.17) is 4.74 Å².